The van der Waals surface area contributed by atoms with E-state index < -0.39 is 0 Å². The largest absolute Gasteiger partial charge is 0.487 e. The van der Waals surface area contributed by atoms with E-state index >= 15 is 0 Å². The van der Waals surface area contributed by atoms with Gasteiger partial charge in [0.1, 0.15) is 18.2 Å². The lowest BCUT2D eigenvalue weighted by atomic mass is 10.1. The van der Waals surface area contributed by atoms with Crippen molar-refractivity contribution in [1.82, 2.24) is 0 Å². The van der Waals surface area contributed by atoms with Crippen LogP contribution in [0.25, 0.3) is 0 Å². The Hall–Kier alpha value is -2.00. The van der Waals surface area contributed by atoms with Crippen molar-refractivity contribution in [3.63, 3.8) is 0 Å². The summed E-state index contributed by atoms with van der Waals surface area (Å²) in [5.74, 6) is 0.704. The molecule has 0 spiro atoms. The molecule has 0 aliphatic rings. The molecular weight excluding hydrogens is 260 g/mol. The Morgan fingerprint density at radius 3 is 2.74 bits per heavy atom. The molecule has 0 unspecified atom stereocenters. The van der Waals surface area contributed by atoms with Crippen LogP contribution in [0.4, 0.5) is 0 Å². The summed E-state index contributed by atoms with van der Waals surface area (Å²) < 4.78 is 5.67. The highest BCUT2D eigenvalue weighted by atomic mass is 35.5. The Bertz CT molecular complexity index is 611. The SMILES string of the molecule is Cc1ccc(OCc2cccc(C(=N)N)c2)c(Cl)c1. The van der Waals surface area contributed by atoms with Gasteiger partial charge in [0.25, 0.3) is 0 Å². The number of benzene rings is 2. The van der Waals surface area contributed by atoms with Gasteiger partial charge in [-0.25, -0.2) is 0 Å². The number of hydrogen-bond donors (Lipinski definition) is 2. The van der Waals surface area contributed by atoms with Gasteiger partial charge >= 0.3 is 0 Å². The van der Waals surface area contributed by atoms with E-state index in [1.807, 2.05) is 43.3 Å². The normalized spacial score (nSPS) is 10.2. The summed E-state index contributed by atoms with van der Waals surface area (Å²) in [6.45, 7) is 2.37. The lowest BCUT2D eigenvalue weighted by Gasteiger charge is -2.09. The Kier molecular flexibility index (Phi) is 4.07. The average Bonchev–Trinajstić information content (AvgIpc) is 2.38. The van der Waals surface area contributed by atoms with Crippen LogP contribution in [0.5, 0.6) is 5.75 Å². The van der Waals surface area contributed by atoms with Gasteiger partial charge in [-0.3, -0.25) is 5.41 Å². The molecule has 0 atom stereocenters. The highest BCUT2D eigenvalue weighted by Crippen LogP contribution is 2.26. The van der Waals surface area contributed by atoms with Gasteiger partial charge in [-0.2, -0.15) is 0 Å². The molecule has 0 aliphatic carbocycles. The smallest absolute Gasteiger partial charge is 0.138 e. The molecule has 2 rings (SSSR count). The van der Waals surface area contributed by atoms with E-state index in [-0.39, 0.29) is 5.84 Å². The van der Waals surface area contributed by atoms with Crippen LogP contribution in [0.15, 0.2) is 42.5 Å². The van der Waals surface area contributed by atoms with Crippen molar-refractivity contribution in [2.45, 2.75) is 13.5 Å². The minimum atomic E-state index is 0.0511. The van der Waals surface area contributed by atoms with E-state index in [2.05, 4.69) is 0 Å². The van der Waals surface area contributed by atoms with E-state index in [0.29, 0.717) is 22.9 Å². The van der Waals surface area contributed by atoms with Crippen LogP contribution in [0, 0.1) is 12.3 Å². The quantitative estimate of drug-likeness (QED) is 0.662. The number of aryl methyl sites for hydroxylation is 1. The third-order valence-electron chi connectivity index (χ3n) is 2.72. The van der Waals surface area contributed by atoms with Crippen molar-refractivity contribution in [2.75, 3.05) is 0 Å². The molecule has 4 heteroatoms. The Balaban J connectivity index is 2.10. The molecule has 3 N–H and O–H groups in total. The minimum Gasteiger partial charge on any atom is -0.487 e. The van der Waals surface area contributed by atoms with Crippen LogP contribution in [0.1, 0.15) is 16.7 Å². The van der Waals surface area contributed by atoms with Gasteiger partial charge < -0.3 is 10.5 Å². The zero-order valence-electron chi connectivity index (χ0n) is 10.6. The molecule has 0 bridgehead atoms. The molecule has 0 radical (unpaired) electrons. The lowest BCUT2D eigenvalue weighted by Crippen LogP contribution is -2.11. The molecule has 0 aliphatic heterocycles. The molecule has 0 fully saturated rings. The Morgan fingerprint density at radius 1 is 1.26 bits per heavy atom. The summed E-state index contributed by atoms with van der Waals surface area (Å²) in [4.78, 5) is 0. The number of nitrogens with two attached hydrogens (primary N) is 1. The van der Waals surface area contributed by atoms with Gasteiger partial charge in [0, 0.05) is 5.56 Å². The fourth-order valence-electron chi connectivity index (χ4n) is 1.71. The van der Waals surface area contributed by atoms with Gasteiger partial charge in [-0.1, -0.05) is 35.9 Å². The predicted molar refractivity (Wildman–Crippen MR) is 78.0 cm³/mol. The van der Waals surface area contributed by atoms with Crippen LogP contribution >= 0.6 is 11.6 Å². The molecule has 0 amide bonds. The fraction of sp³-hybridized carbons (Fsp3) is 0.133. The predicted octanol–water partition coefficient (Wildman–Crippen LogP) is 3.51. The first-order chi connectivity index (χ1) is 9.06. The molecular formula is C15H15ClN2O. The average molecular weight is 275 g/mol. The fourth-order valence-corrected chi connectivity index (χ4v) is 2.00. The third-order valence-corrected chi connectivity index (χ3v) is 3.02. The van der Waals surface area contributed by atoms with E-state index in [0.717, 1.165) is 11.1 Å². The second-order valence-corrected chi connectivity index (χ2v) is 4.74. The summed E-state index contributed by atoms with van der Waals surface area (Å²) in [6.07, 6.45) is 0. The number of hydrogen-bond acceptors (Lipinski definition) is 2. The van der Waals surface area contributed by atoms with Crippen molar-refractivity contribution in [3.8, 4) is 5.75 Å². The third kappa shape index (κ3) is 3.48. The summed E-state index contributed by atoms with van der Waals surface area (Å²) in [7, 11) is 0. The summed E-state index contributed by atoms with van der Waals surface area (Å²) in [5, 5.41) is 8.00. The number of ether oxygens (including phenoxy) is 1. The molecule has 3 nitrogen and oxygen atoms in total. The molecule has 2 aromatic carbocycles. The van der Waals surface area contributed by atoms with Crippen molar-refractivity contribution in [3.05, 3.63) is 64.2 Å². The van der Waals surface area contributed by atoms with Crippen molar-refractivity contribution >= 4 is 17.4 Å². The van der Waals surface area contributed by atoms with Crippen LogP contribution in [-0.2, 0) is 6.61 Å². The molecule has 0 heterocycles. The number of halogens is 1. The first-order valence-corrected chi connectivity index (χ1v) is 6.26. The van der Waals surface area contributed by atoms with Crippen LogP contribution < -0.4 is 10.5 Å². The second kappa shape index (κ2) is 5.76. The highest BCUT2D eigenvalue weighted by molar-refractivity contribution is 6.32. The van der Waals surface area contributed by atoms with Gasteiger partial charge in [0.05, 0.1) is 5.02 Å². The first-order valence-electron chi connectivity index (χ1n) is 5.88. The zero-order valence-corrected chi connectivity index (χ0v) is 11.4. The van der Waals surface area contributed by atoms with E-state index in [1.165, 1.54) is 0 Å². The highest BCUT2D eigenvalue weighted by Gasteiger charge is 2.03. The van der Waals surface area contributed by atoms with Crippen LogP contribution in [-0.4, -0.2) is 5.84 Å². The van der Waals surface area contributed by atoms with Gasteiger partial charge in [0.2, 0.25) is 0 Å². The van der Waals surface area contributed by atoms with Crippen LogP contribution in [0.3, 0.4) is 0 Å². The van der Waals surface area contributed by atoms with Crippen molar-refractivity contribution in [1.29, 1.82) is 5.41 Å². The van der Waals surface area contributed by atoms with Crippen molar-refractivity contribution < 1.29 is 4.74 Å². The molecule has 98 valence electrons. The summed E-state index contributed by atoms with van der Waals surface area (Å²) in [5.41, 5.74) is 8.18. The zero-order chi connectivity index (χ0) is 13.8. The van der Waals surface area contributed by atoms with E-state index in [1.54, 1.807) is 6.07 Å². The lowest BCUT2D eigenvalue weighted by molar-refractivity contribution is 0.306. The molecule has 0 saturated carbocycles. The van der Waals surface area contributed by atoms with E-state index in [4.69, 9.17) is 27.5 Å². The maximum atomic E-state index is 7.40. The van der Waals surface area contributed by atoms with Gasteiger partial charge in [0.15, 0.2) is 0 Å². The molecule has 0 saturated heterocycles. The molecule has 0 aromatic heterocycles. The molecule has 2 aromatic rings. The maximum absolute atomic E-state index is 7.40. The summed E-state index contributed by atoms with van der Waals surface area (Å²) in [6, 6.07) is 13.1. The van der Waals surface area contributed by atoms with E-state index in [9.17, 15) is 0 Å². The topological polar surface area (TPSA) is 59.1 Å². The number of rotatable bonds is 4. The summed E-state index contributed by atoms with van der Waals surface area (Å²) >= 11 is 6.10. The Morgan fingerprint density at radius 2 is 2.05 bits per heavy atom. The standard InChI is InChI=1S/C15H15ClN2O/c1-10-5-6-14(13(16)7-10)19-9-11-3-2-4-12(8-11)15(17)18/h2-8H,9H2,1H3,(H3,17,18). The Labute approximate surface area is 117 Å². The molecule has 19 heavy (non-hydrogen) atoms. The van der Waals surface area contributed by atoms with Crippen molar-refractivity contribution in [2.24, 2.45) is 5.73 Å². The number of nitrogen functional groups attached to an aromatic ring is 1. The van der Waals surface area contributed by atoms with Crippen LogP contribution in [0.2, 0.25) is 5.02 Å². The maximum Gasteiger partial charge on any atom is 0.138 e. The number of amidine groups is 1. The second-order valence-electron chi connectivity index (χ2n) is 4.34. The minimum absolute atomic E-state index is 0.0511. The monoisotopic (exact) mass is 274 g/mol. The van der Waals surface area contributed by atoms with Gasteiger partial charge in [-0.05, 0) is 36.2 Å². The number of nitrogens with one attached hydrogen (secondary N) is 1. The van der Waals surface area contributed by atoms with Gasteiger partial charge in [-0.15, -0.1) is 0 Å². The first kappa shape index (κ1) is 13.4.